The van der Waals surface area contributed by atoms with E-state index in [2.05, 4.69) is 5.32 Å². The molecule has 7 nitrogen and oxygen atoms in total. The Labute approximate surface area is 191 Å². The van der Waals surface area contributed by atoms with Crippen molar-refractivity contribution < 1.29 is 19.1 Å². The molecule has 5 rings (SSSR count). The lowest BCUT2D eigenvalue weighted by Gasteiger charge is -2.44. The van der Waals surface area contributed by atoms with E-state index < -0.39 is 17.3 Å². The fourth-order valence-corrected chi connectivity index (χ4v) is 5.54. The van der Waals surface area contributed by atoms with Gasteiger partial charge in [-0.15, -0.1) is 0 Å². The molecule has 3 aliphatic rings. The first-order chi connectivity index (χ1) is 15.8. The molecule has 1 spiro atoms. The van der Waals surface area contributed by atoms with Gasteiger partial charge in [0.05, 0.1) is 7.11 Å². The van der Waals surface area contributed by atoms with Gasteiger partial charge in [0.15, 0.2) is 5.78 Å². The highest BCUT2D eigenvalue weighted by Gasteiger charge is 2.61. The Morgan fingerprint density at radius 2 is 1.79 bits per heavy atom. The van der Waals surface area contributed by atoms with E-state index in [1.807, 2.05) is 32.0 Å². The van der Waals surface area contributed by atoms with Crippen LogP contribution in [-0.2, 0) is 24.5 Å². The minimum atomic E-state index is -1.64. The Morgan fingerprint density at radius 3 is 2.48 bits per heavy atom. The third-order valence-electron chi connectivity index (χ3n) is 6.68. The van der Waals surface area contributed by atoms with Crippen LogP contribution in [0.3, 0.4) is 0 Å². The quantitative estimate of drug-likeness (QED) is 0.690. The van der Waals surface area contributed by atoms with Gasteiger partial charge in [0.1, 0.15) is 16.8 Å². The minimum Gasteiger partial charge on any atom is -0.466 e. The summed E-state index contributed by atoms with van der Waals surface area (Å²) >= 11 is 0. The first-order valence-corrected chi connectivity index (χ1v) is 11.0. The maximum Gasteiger partial charge on any atom is 0.339 e. The standard InChI is InChI=1S/C26H25N3O4/c1-14-11-15(2)13-16(12-14)29-19-9-6-10-20(30)21(19)26(22(23(29)27)24(31)33-3)17-7-4-5-8-18(17)28-25(26)32/h4-5,7-8,11-13H,6,9-10,27H2,1-3H3,(H,28,32). The zero-order valence-electron chi connectivity index (χ0n) is 18.8. The number of anilines is 2. The number of carbonyl (C=O) groups is 3. The summed E-state index contributed by atoms with van der Waals surface area (Å²) < 4.78 is 5.14. The molecule has 1 unspecified atom stereocenters. The second kappa shape index (κ2) is 7.33. The van der Waals surface area contributed by atoms with Crippen LogP contribution in [0.4, 0.5) is 11.4 Å². The molecule has 0 radical (unpaired) electrons. The van der Waals surface area contributed by atoms with Gasteiger partial charge >= 0.3 is 5.97 Å². The Hall–Kier alpha value is -3.87. The number of methoxy groups -OCH3 is 1. The molecule has 2 aromatic carbocycles. The van der Waals surface area contributed by atoms with E-state index >= 15 is 0 Å². The lowest BCUT2D eigenvalue weighted by atomic mass is 9.63. The van der Waals surface area contributed by atoms with E-state index in [0.29, 0.717) is 41.8 Å². The van der Waals surface area contributed by atoms with Crippen LogP contribution in [0, 0.1) is 13.8 Å². The van der Waals surface area contributed by atoms with E-state index in [-0.39, 0.29) is 17.2 Å². The van der Waals surface area contributed by atoms with Crippen molar-refractivity contribution in [2.45, 2.75) is 38.5 Å². The van der Waals surface area contributed by atoms with Crippen LogP contribution in [-0.4, -0.2) is 24.8 Å². The molecule has 0 fully saturated rings. The Kier molecular flexibility index (Phi) is 4.67. The third-order valence-corrected chi connectivity index (χ3v) is 6.68. The molecule has 7 heteroatoms. The summed E-state index contributed by atoms with van der Waals surface area (Å²) in [5, 5.41) is 2.87. The maximum atomic E-state index is 13.7. The van der Waals surface area contributed by atoms with E-state index in [0.717, 1.165) is 16.8 Å². The van der Waals surface area contributed by atoms with Gasteiger partial charge in [-0.1, -0.05) is 24.3 Å². The molecule has 1 atom stereocenters. The predicted octanol–water partition coefficient (Wildman–Crippen LogP) is 3.36. The number of nitrogens with two attached hydrogens (primary N) is 1. The molecular formula is C26H25N3O4. The number of nitrogens with zero attached hydrogens (tertiary/aromatic N) is 1. The number of rotatable bonds is 2. The van der Waals surface area contributed by atoms with Crippen molar-refractivity contribution in [3.05, 3.63) is 81.8 Å². The van der Waals surface area contributed by atoms with Crippen LogP contribution in [0.25, 0.3) is 0 Å². The molecule has 0 bridgehead atoms. The van der Waals surface area contributed by atoms with Gasteiger partial charge in [-0.05, 0) is 56.0 Å². The van der Waals surface area contributed by atoms with Crippen molar-refractivity contribution in [3.63, 3.8) is 0 Å². The number of carbonyl (C=O) groups excluding carboxylic acids is 3. The number of hydrogen-bond acceptors (Lipinski definition) is 6. The SMILES string of the molecule is COC(=O)C1=C(N)N(c2cc(C)cc(C)c2)C2=C(C(=O)CCC2)C12C(=O)Nc1ccccc12. The van der Waals surface area contributed by atoms with Crippen molar-refractivity contribution in [1.82, 2.24) is 0 Å². The number of allylic oxidation sites excluding steroid dienone is 1. The fourth-order valence-electron chi connectivity index (χ4n) is 5.54. The summed E-state index contributed by atoms with van der Waals surface area (Å²) in [6.07, 6.45) is 1.49. The first kappa shape index (κ1) is 21.0. The minimum absolute atomic E-state index is 0.0272. The summed E-state index contributed by atoms with van der Waals surface area (Å²) in [5.74, 6) is -1.26. The number of nitrogens with one attached hydrogen (secondary N) is 1. The molecule has 0 aromatic heterocycles. The number of fused-ring (bicyclic) bond motifs is 3. The molecular weight excluding hydrogens is 418 g/mol. The van der Waals surface area contributed by atoms with Gasteiger partial charge in [-0.3, -0.25) is 14.5 Å². The second-order valence-corrected chi connectivity index (χ2v) is 8.78. The summed E-state index contributed by atoms with van der Waals surface area (Å²) in [6, 6.07) is 13.1. The number of hydrogen-bond donors (Lipinski definition) is 2. The van der Waals surface area contributed by atoms with Crippen molar-refractivity contribution in [2.24, 2.45) is 5.73 Å². The van der Waals surface area contributed by atoms with Gasteiger partial charge < -0.3 is 15.8 Å². The molecule has 0 saturated heterocycles. The molecule has 1 aliphatic carbocycles. The molecule has 3 N–H and O–H groups in total. The number of benzene rings is 2. The number of Topliss-reactive ketones (excluding diaryl/α,β-unsaturated/α-hetero) is 1. The van der Waals surface area contributed by atoms with Crippen molar-refractivity contribution >= 4 is 29.0 Å². The van der Waals surface area contributed by atoms with Gasteiger partial charge in [0.25, 0.3) is 0 Å². The monoisotopic (exact) mass is 443 g/mol. The number of amides is 1. The average Bonchev–Trinajstić information content (AvgIpc) is 3.05. The van der Waals surface area contributed by atoms with Crippen molar-refractivity contribution in [3.8, 4) is 0 Å². The van der Waals surface area contributed by atoms with Crippen LogP contribution >= 0.6 is 0 Å². The average molecular weight is 444 g/mol. The zero-order chi connectivity index (χ0) is 23.5. The maximum absolute atomic E-state index is 13.7. The van der Waals surface area contributed by atoms with E-state index in [9.17, 15) is 14.4 Å². The Bertz CT molecular complexity index is 1290. The lowest BCUT2D eigenvalue weighted by Crippen LogP contribution is -2.53. The van der Waals surface area contributed by atoms with Gasteiger partial charge in [0, 0.05) is 34.6 Å². The second-order valence-electron chi connectivity index (χ2n) is 8.78. The lowest BCUT2D eigenvalue weighted by molar-refractivity contribution is -0.138. The predicted molar refractivity (Wildman–Crippen MR) is 124 cm³/mol. The zero-order valence-corrected chi connectivity index (χ0v) is 18.8. The summed E-state index contributed by atoms with van der Waals surface area (Å²) in [6.45, 7) is 3.95. The number of para-hydroxylation sites is 1. The Morgan fingerprint density at radius 1 is 1.09 bits per heavy atom. The molecule has 33 heavy (non-hydrogen) atoms. The summed E-state index contributed by atoms with van der Waals surface area (Å²) in [4.78, 5) is 42.3. The molecule has 1 amide bonds. The van der Waals surface area contributed by atoms with E-state index in [1.165, 1.54) is 7.11 Å². The number of aryl methyl sites for hydroxylation is 2. The highest BCUT2D eigenvalue weighted by Crippen LogP contribution is 2.55. The van der Waals surface area contributed by atoms with E-state index in [4.69, 9.17) is 10.5 Å². The molecule has 0 saturated carbocycles. The van der Waals surface area contributed by atoms with Gasteiger partial charge in [0.2, 0.25) is 5.91 Å². The Balaban J connectivity index is 1.92. The topological polar surface area (TPSA) is 102 Å². The number of ether oxygens (including phenoxy) is 1. The van der Waals surface area contributed by atoms with Gasteiger partial charge in [-0.2, -0.15) is 0 Å². The molecule has 168 valence electrons. The largest absolute Gasteiger partial charge is 0.466 e. The smallest absolute Gasteiger partial charge is 0.339 e. The highest BCUT2D eigenvalue weighted by atomic mass is 16.5. The van der Waals surface area contributed by atoms with Crippen LogP contribution in [0.15, 0.2) is 65.1 Å². The van der Waals surface area contributed by atoms with Crippen molar-refractivity contribution in [2.75, 3.05) is 17.3 Å². The van der Waals surface area contributed by atoms with Crippen LogP contribution in [0.5, 0.6) is 0 Å². The fraction of sp³-hybridized carbons (Fsp3) is 0.269. The number of ketones is 1. The van der Waals surface area contributed by atoms with Crippen LogP contribution in [0.1, 0.15) is 36.0 Å². The van der Waals surface area contributed by atoms with Gasteiger partial charge in [-0.25, -0.2) is 4.79 Å². The highest BCUT2D eigenvalue weighted by molar-refractivity contribution is 6.23. The normalized spacial score (nSPS) is 21.8. The summed E-state index contributed by atoms with van der Waals surface area (Å²) in [5.41, 5.74) is 9.92. The molecule has 2 aromatic rings. The number of esters is 1. The first-order valence-electron chi connectivity index (χ1n) is 11.0. The van der Waals surface area contributed by atoms with Crippen LogP contribution < -0.4 is 16.0 Å². The molecule has 2 aliphatic heterocycles. The van der Waals surface area contributed by atoms with E-state index in [1.54, 1.807) is 29.2 Å². The third kappa shape index (κ3) is 2.78. The van der Waals surface area contributed by atoms with Crippen LogP contribution in [0.2, 0.25) is 0 Å². The molecule has 2 heterocycles. The summed E-state index contributed by atoms with van der Waals surface area (Å²) in [7, 11) is 1.25. The van der Waals surface area contributed by atoms with Crippen molar-refractivity contribution in [1.29, 1.82) is 0 Å².